The minimum atomic E-state index is -0.120. The van der Waals surface area contributed by atoms with Crippen molar-refractivity contribution < 1.29 is 9.47 Å². The zero-order valence-corrected chi connectivity index (χ0v) is 16.1. The van der Waals surface area contributed by atoms with Gasteiger partial charge in [-0.15, -0.1) is 0 Å². The molecule has 142 valence electrons. The molecular weight excluding hydrogens is 350 g/mol. The summed E-state index contributed by atoms with van der Waals surface area (Å²) < 4.78 is 14.1. The van der Waals surface area contributed by atoms with Gasteiger partial charge in [-0.05, 0) is 62.6 Å². The summed E-state index contributed by atoms with van der Waals surface area (Å²) in [7, 11) is 0. The highest BCUT2D eigenvalue weighted by Crippen LogP contribution is 2.40. The summed E-state index contributed by atoms with van der Waals surface area (Å²) in [6.45, 7) is 4.35. The first-order valence-electron chi connectivity index (χ1n) is 9.58. The Bertz CT molecular complexity index is 1010. The van der Waals surface area contributed by atoms with E-state index < -0.39 is 0 Å². The summed E-state index contributed by atoms with van der Waals surface area (Å²) in [4.78, 5) is 4.51. The number of hydrogen-bond donors (Lipinski definition) is 0. The Morgan fingerprint density at radius 3 is 2.86 bits per heavy atom. The molecule has 1 heterocycles. The first-order chi connectivity index (χ1) is 13.6. The van der Waals surface area contributed by atoms with Crippen molar-refractivity contribution >= 4 is 0 Å². The van der Waals surface area contributed by atoms with Crippen molar-refractivity contribution in [2.24, 2.45) is 0 Å². The molecule has 1 aliphatic carbocycles. The molecule has 1 aliphatic rings. The predicted octanol–water partition coefficient (Wildman–Crippen LogP) is 4.78. The molecule has 4 rings (SSSR count). The monoisotopic (exact) mass is 373 g/mol. The molecule has 1 atom stereocenters. The van der Waals surface area contributed by atoms with Gasteiger partial charge in [0.05, 0.1) is 17.3 Å². The molecule has 0 aliphatic heterocycles. The maximum atomic E-state index is 8.97. The second kappa shape index (κ2) is 7.77. The minimum absolute atomic E-state index is 0.120. The molecule has 1 aromatic heterocycles. The van der Waals surface area contributed by atoms with E-state index in [1.165, 1.54) is 12.8 Å². The van der Waals surface area contributed by atoms with Gasteiger partial charge in [0.2, 0.25) is 0 Å². The van der Waals surface area contributed by atoms with Crippen molar-refractivity contribution in [2.45, 2.75) is 38.7 Å². The van der Waals surface area contributed by atoms with Gasteiger partial charge >= 0.3 is 0 Å². The zero-order valence-electron chi connectivity index (χ0n) is 16.1. The Balaban J connectivity index is 1.40. The van der Waals surface area contributed by atoms with Crippen LogP contribution in [0.5, 0.6) is 11.5 Å². The zero-order chi connectivity index (χ0) is 19.5. The van der Waals surface area contributed by atoms with E-state index in [4.69, 9.17) is 14.7 Å². The lowest BCUT2D eigenvalue weighted by molar-refractivity contribution is 0.142. The van der Waals surface area contributed by atoms with E-state index >= 15 is 0 Å². The highest BCUT2D eigenvalue weighted by atomic mass is 16.5. The number of imidazole rings is 1. The first kappa shape index (κ1) is 18.1. The largest absolute Gasteiger partial charge is 0.490 e. The number of hydrogen-bond acceptors (Lipinski definition) is 4. The van der Waals surface area contributed by atoms with Crippen molar-refractivity contribution in [3.63, 3.8) is 0 Å². The van der Waals surface area contributed by atoms with Crippen LogP contribution in [0.25, 0.3) is 5.69 Å². The third-order valence-electron chi connectivity index (χ3n) is 4.82. The number of aromatic nitrogens is 2. The van der Waals surface area contributed by atoms with Crippen molar-refractivity contribution in [1.29, 1.82) is 5.26 Å². The quantitative estimate of drug-likeness (QED) is 0.598. The Kier molecular flexibility index (Phi) is 5.03. The summed E-state index contributed by atoms with van der Waals surface area (Å²) in [5, 5.41) is 8.97. The standard InChI is InChI=1S/C23H23N3O2/c1-16-12-18(14-24)6-9-22(16)28-17(2)15-27-21-5-3-4-20(13-21)26-11-10-25-23(26)19-7-8-19/h3-6,9-13,17,19H,7-8,15H2,1-2H3/t17-/m0/s1. The van der Waals surface area contributed by atoms with Crippen LogP contribution in [0.2, 0.25) is 0 Å². The van der Waals surface area contributed by atoms with E-state index in [1.807, 2.05) is 56.6 Å². The van der Waals surface area contributed by atoms with Gasteiger partial charge in [0.1, 0.15) is 30.0 Å². The highest BCUT2D eigenvalue weighted by Gasteiger charge is 2.28. The molecular formula is C23H23N3O2. The number of nitrogens with zero attached hydrogens (tertiary/aromatic N) is 3. The molecule has 0 amide bonds. The Labute approximate surface area is 165 Å². The van der Waals surface area contributed by atoms with Gasteiger partial charge in [0.15, 0.2) is 0 Å². The molecule has 28 heavy (non-hydrogen) atoms. The van der Waals surface area contributed by atoms with Crippen LogP contribution in [0.4, 0.5) is 0 Å². The van der Waals surface area contributed by atoms with Gasteiger partial charge in [-0.25, -0.2) is 4.98 Å². The summed E-state index contributed by atoms with van der Waals surface area (Å²) in [6.07, 6.45) is 6.18. The molecule has 1 fully saturated rings. The summed E-state index contributed by atoms with van der Waals surface area (Å²) >= 11 is 0. The number of aryl methyl sites for hydroxylation is 1. The highest BCUT2D eigenvalue weighted by molar-refractivity contribution is 5.42. The van der Waals surface area contributed by atoms with E-state index in [0.717, 1.165) is 28.6 Å². The summed E-state index contributed by atoms with van der Waals surface area (Å²) in [5.74, 6) is 3.30. The third kappa shape index (κ3) is 4.01. The lowest BCUT2D eigenvalue weighted by Gasteiger charge is -2.17. The first-order valence-corrected chi connectivity index (χ1v) is 9.58. The maximum absolute atomic E-state index is 8.97. The van der Waals surface area contributed by atoms with Gasteiger partial charge in [-0.2, -0.15) is 5.26 Å². The number of rotatable bonds is 7. The molecule has 0 saturated heterocycles. The smallest absolute Gasteiger partial charge is 0.130 e. The van der Waals surface area contributed by atoms with Gasteiger partial charge < -0.3 is 14.0 Å². The molecule has 2 aromatic carbocycles. The molecule has 3 aromatic rings. The second-order valence-electron chi connectivity index (χ2n) is 7.26. The molecule has 0 N–H and O–H groups in total. The molecule has 5 heteroatoms. The minimum Gasteiger partial charge on any atom is -0.490 e. The molecule has 0 spiro atoms. The van der Waals surface area contributed by atoms with Crippen LogP contribution in [0.1, 0.15) is 42.6 Å². The number of ether oxygens (including phenoxy) is 2. The molecule has 1 saturated carbocycles. The van der Waals surface area contributed by atoms with E-state index in [9.17, 15) is 0 Å². The van der Waals surface area contributed by atoms with Crippen molar-refractivity contribution in [1.82, 2.24) is 9.55 Å². The fourth-order valence-electron chi connectivity index (χ4n) is 3.22. The third-order valence-corrected chi connectivity index (χ3v) is 4.82. The Morgan fingerprint density at radius 2 is 2.11 bits per heavy atom. The van der Waals surface area contributed by atoms with E-state index in [2.05, 4.69) is 21.7 Å². The molecule has 0 unspecified atom stereocenters. The van der Waals surface area contributed by atoms with Crippen LogP contribution in [-0.4, -0.2) is 22.3 Å². The van der Waals surface area contributed by atoms with Gasteiger partial charge in [-0.1, -0.05) is 6.07 Å². The van der Waals surface area contributed by atoms with E-state index in [0.29, 0.717) is 18.1 Å². The Morgan fingerprint density at radius 1 is 1.25 bits per heavy atom. The van der Waals surface area contributed by atoms with Crippen LogP contribution in [0.15, 0.2) is 54.9 Å². The number of benzene rings is 2. The SMILES string of the molecule is Cc1cc(C#N)ccc1O[C@@H](C)COc1cccc(-n2ccnc2C2CC2)c1. The number of nitriles is 1. The average molecular weight is 373 g/mol. The van der Waals surface area contributed by atoms with Crippen LogP contribution in [0.3, 0.4) is 0 Å². The van der Waals surface area contributed by atoms with Crippen LogP contribution in [0, 0.1) is 18.3 Å². The van der Waals surface area contributed by atoms with Crippen LogP contribution >= 0.6 is 0 Å². The molecule has 5 nitrogen and oxygen atoms in total. The van der Waals surface area contributed by atoms with Crippen LogP contribution in [-0.2, 0) is 0 Å². The summed E-state index contributed by atoms with van der Waals surface area (Å²) in [6, 6.07) is 15.6. The molecule has 0 bridgehead atoms. The fourth-order valence-corrected chi connectivity index (χ4v) is 3.22. The second-order valence-corrected chi connectivity index (χ2v) is 7.26. The van der Waals surface area contributed by atoms with E-state index in [-0.39, 0.29) is 6.10 Å². The van der Waals surface area contributed by atoms with Crippen LogP contribution < -0.4 is 9.47 Å². The van der Waals surface area contributed by atoms with Crippen molar-refractivity contribution in [3.8, 4) is 23.3 Å². The van der Waals surface area contributed by atoms with Gasteiger partial charge in [0, 0.05) is 24.4 Å². The van der Waals surface area contributed by atoms with Gasteiger partial charge in [-0.3, -0.25) is 0 Å². The van der Waals surface area contributed by atoms with Gasteiger partial charge in [0.25, 0.3) is 0 Å². The van der Waals surface area contributed by atoms with Crippen molar-refractivity contribution in [2.75, 3.05) is 6.61 Å². The maximum Gasteiger partial charge on any atom is 0.130 e. The molecule has 0 radical (unpaired) electrons. The van der Waals surface area contributed by atoms with E-state index in [1.54, 1.807) is 6.07 Å². The fraction of sp³-hybridized carbons (Fsp3) is 0.304. The average Bonchev–Trinajstić information content (AvgIpc) is 3.44. The lowest BCUT2D eigenvalue weighted by Crippen LogP contribution is -2.21. The topological polar surface area (TPSA) is 60.1 Å². The Hall–Kier alpha value is -3.26. The summed E-state index contributed by atoms with van der Waals surface area (Å²) in [5.41, 5.74) is 2.64. The normalized spacial score (nSPS) is 14.3. The predicted molar refractivity (Wildman–Crippen MR) is 107 cm³/mol. The van der Waals surface area contributed by atoms with Crippen molar-refractivity contribution in [3.05, 3.63) is 71.8 Å². The lowest BCUT2D eigenvalue weighted by atomic mass is 10.1.